The number of nitrogens with zero attached hydrogens (tertiary/aromatic N) is 3. The molecule has 3 heterocycles. The van der Waals surface area contributed by atoms with E-state index in [1.54, 1.807) is 24.8 Å². The molecule has 108 valence electrons. The molecule has 1 amide bonds. The summed E-state index contributed by atoms with van der Waals surface area (Å²) in [6.07, 6.45) is 7.98. The molecule has 0 saturated carbocycles. The molecule has 0 aliphatic carbocycles. The van der Waals surface area contributed by atoms with Crippen molar-refractivity contribution in [2.24, 2.45) is 0 Å². The van der Waals surface area contributed by atoms with Gasteiger partial charge in [-0.3, -0.25) is 4.79 Å². The van der Waals surface area contributed by atoms with Crippen molar-refractivity contribution in [3.63, 3.8) is 0 Å². The average Bonchev–Trinajstić information content (AvgIpc) is 3.25. The lowest BCUT2D eigenvalue weighted by Crippen LogP contribution is -2.25. The van der Waals surface area contributed by atoms with E-state index in [0.717, 1.165) is 18.7 Å². The lowest BCUT2D eigenvalue weighted by molar-refractivity contribution is 0.0944. The second-order valence-electron chi connectivity index (χ2n) is 4.57. The second-order valence-corrected chi connectivity index (χ2v) is 4.57. The first kappa shape index (κ1) is 13.2. The van der Waals surface area contributed by atoms with Crippen molar-refractivity contribution in [3.05, 3.63) is 48.8 Å². The summed E-state index contributed by atoms with van der Waals surface area (Å²) >= 11 is 0. The number of aromatic nitrogens is 4. The summed E-state index contributed by atoms with van der Waals surface area (Å²) in [6.45, 7) is 1.38. The molecule has 0 bridgehead atoms. The summed E-state index contributed by atoms with van der Waals surface area (Å²) in [5.41, 5.74) is 1.07. The van der Waals surface area contributed by atoms with E-state index in [2.05, 4.69) is 20.4 Å². The summed E-state index contributed by atoms with van der Waals surface area (Å²) in [5.74, 6) is 0.311. The van der Waals surface area contributed by atoms with Gasteiger partial charge in [0.1, 0.15) is 0 Å². The molecule has 0 atom stereocenters. The number of nitrogens with one attached hydrogen (secondary N) is 2. The van der Waals surface area contributed by atoms with E-state index >= 15 is 0 Å². The molecule has 0 spiro atoms. The van der Waals surface area contributed by atoms with Crippen molar-refractivity contribution >= 4 is 5.91 Å². The zero-order valence-electron chi connectivity index (χ0n) is 11.3. The molecule has 0 saturated heterocycles. The first-order valence-electron chi connectivity index (χ1n) is 6.67. The monoisotopic (exact) mass is 285 g/mol. The fourth-order valence-corrected chi connectivity index (χ4v) is 1.97. The minimum atomic E-state index is -0.234. The topological polar surface area (TPSA) is 88.7 Å². The number of hydrogen-bond acceptors (Lipinski definition) is 4. The highest BCUT2D eigenvalue weighted by molar-refractivity contribution is 5.92. The van der Waals surface area contributed by atoms with Gasteiger partial charge in [0, 0.05) is 37.7 Å². The first-order valence-corrected chi connectivity index (χ1v) is 6.67. The van der Waals surface area contributed by atoms with Crippen LogP contribution in [0.25, 0.3) is 11.5 Å². The van der Waals surface area contributed by atoms with Gasteiger partial charge in [-0.2, -0.15) is 0 Å². The number of aryl methyl sites for hydroxylation is 1. The number of rotatable bonds is 6. The minimum absolute atomic E-state index is 0.234. The van der Waals surface area contributed by atoms with Crippen molar-refractivity contribution in [1.29, 1.82) is 0 Å². The Morgan fingerprint density at radius 3 is 3.19 bits per heavy atom. The van der Waals surface area contributed by atoms with E-state index in [-0.39, 0.29) is 11.6 Å². The fraction of sp³-hybridized carbons (Fsp3) is 0.214. The van der Waals surface area contributed by atoms with Crippen LogP contribution in [0.3, 0.4) is 0 Å². The molecule has 7 nitrogen and oxygen atoms in total. The van der Waals surface area contributed by atoms with Gasteiger partial charge >= 0.3 is 0 Å². The third-order valence-corrected chi connectivity index (χ3v) is 3.04. The van der Waals surface area contributed by atoms with Gasteiger partial charge in [0.2, 0.25) is 0 Å². The van der Waals surface area contributed by atoms with Gasteiger partial charge in [-0.05, 0) is 18.6 Å². The molecule has 0 unspecified atom stereocenters. The molecular formula is C14H15N5O2. The van der Waals surface area contributed by atoms with E-state index in [1.807, 2.05) is 22.9 Å². The van der Waals surface area contributed by atoms with E-state index in [4.69, 9.17) is 4.52 Å². The van der Waals surface area contributed by atoms with Crippen molar-refractivity contribution in [1.82, 2.24) is 25.0 Å². The molecule has 3 rings (SSSR count). The Kier molecular flexibility index (Phi) is 3.81. The Labute approximate surface area is 121 Å². The molecule has 21 heavy (non-hydrogen) atoms. The van der Waals surface area contributed by atoms with Crippen LogP contribution in [-0.4, -0.2) is 32.1 Å². The number of carbonyl (C=O) groups excluding carboxylic acids is 1. The second kappa shape index (κ2) is 6.08. The van der Waals surface area contributed by atoms with E-state index in [1.165, 1.54) is 0 Å². The molecule has 2 N–H and O–H groups in total. The number of H-pyrrole nitrogens is 1. The molecule has 3 aromatic heterocycles. The molecule has 3 aromatic rings. The molecule has 0 fully saturated rings. The maximum absolute atomic E-state index is 11.9. The molecule has 0 aromatic carbocycles. The Bertz CT molecular complexity index is 685. The third-order valence-electron chi connectivity index (χ3n) is 3.04. The van der Waals surface area contributed by atoms with Crippen LogP contribution in [0.2, 0.25) is 0 Å². The normalized spacial score (nSPS) is 10.7. The minimum Gasteiger partial charge on any atom is -0.359 e. The number of carbonyl (C=O) groups is 1. The number of hydrogen-bond donors (Lipinski definition) is 2. The van der Waals surface area contributed by atoms with Crippen LogP contribution < -0.4 is 5.32 Å². The SMILES string of the molecule is O=C(NCCCn1ccnc1)c1cc(-c2ccc[nH]2)on1. The molecule has 0 aliphatic heterocycles. The summed E-state index contributed by atoms with van der Waals surface area (Å²) in [6, 6.07) is 5.33. The molecular weight excluding hydrogens is 270 g/mol. The maximum Gasteiger partial charge on any atom is 0.273 e. The summed E-state index contributed by atoms with van der Waals surface area (Å²) in [4.78, 5) is 18.9. The lowest BCUT2D eigenvalue weighted by atomic mass is 10.3. The van der Waals surface area contributed by atoms with Crippen molar-refractivity contribution in [2.45, 2.75) is 13.0 Å². The van der Waals surface area contributed by atoms with Crippen LogP contribution in [0, 0.1) is 0 Å². The predicted octanol–water partition coefficient (Wildman–Crippen LogP) is 1.69. The van der Waals surface area contributed by atoms with Crippen LogP contribution in [-0.2, 0) is 6.54 Å². The molecule has 0 radical (unpaired) electrons. The number of aromatic amines is 1. The lowest BCUT2D eigenvalue weighted by Gasteiger charge is -2.03. The van der Waals surface area contributed by atoms with E-state index in [9.17, 15) is 4.79 Å². The van der Waals surface area contributed by atoms with Gasteiger partial charge in [-0.25, -0.2) is 4.98 Å². The van der Waals surface area contributed by atoms with Crippen LogP contribution >= 0.6 is 0 Å². The van der Waals surface area contributed by atoms with Gasteiger partial charge in [0.25, 0.3) is 5.91 Å². The standard InChI is InChI=1S/C14H15N5O2/c20-14(17-5-2-7-19-8-6-15-10-19)12-9-13(21-18-12)11-3-1-4-16-11/h1,3-4,6,8-10,16H,2,5,7H2,(H,17,20). The van der Waals surface area contributed by atoms with E-state index in [0.29, 0.717) is 12.3 Å². The van der Waals surface area contributed by atoms with Gasteiger partial charge in [0.15, 0.2) is 11.5 Å². The summed E-state index contributed by atoms with van der Waals surface area (Å²) in [7, 11) is 0. The highest BCUT2D eigenvalue weighted by atomic mass is 16.5. The van der Waals surface area contributed by atoms with Crippen molar-refractivity contribution < 1.29 is 9.32 Å². The summed E-state index contributed by atoms with van der Waals surface area (Å²) < 4.78 is 7.10. The zero-order valence-corrected chi connectivity index (χ0v) is 11.3. The Morgan fingerprint density at radius 2 is 2.43 bits per heavy atom. The van der Waals surface area contributed by atoms with Crippen molar-refractivity contribution in [2.75, 3.05) is 6.54 Å². The molecule has 0 aliphatic rings. The van der Waals surface area contributed by atoms with Crippen LogP contribution in [0.5, 0.6) is 0 Å². The number of amides is 1. The zero-order chi connectivity index (χ0) is 14.5. The average molecular weight is 285 g/mol. The fourth-order valence-electron chi connectivity index (χ4n) is 1.97. The van der Waals surface area contributed by atoms with Crippen LogP contribution in [0.15, 0.2) is 47.6 Å². The highest BCUT2D eigenvalue weighted by Gasteiger charge is 2.13. The van der Waals surface area contributed by atoms with Crippen LogP contribution in [0.4, 0.5) is 0 Å². The molecule has 7 heteroatoms. The van der Waals surface area contributed by atoms with Gasteiger partial charge in [0.05, 0.1) is 12.0 Å². The Balaban J connectivity index is 1.49. The number of imidazole rings is 1. The quantitative estimate of drug-likeness (QED) is 0.674. The summed E-state index contributed by atoms with van der Waals surface area (Å²) in [5, 5.41) is 6.59. The first-order chi connectivity index (χ1) is 10.3. The smallest absolute Gasteiger partial charge is 0.273 e. The maximum atomic E-state index is 11.9. The largest absolute Gasteiger partial charge is 0.359 e. The predicted molar refractivity (Wildman–Crippen MR) is 75.5 cm³/mol. The van der Waals surface area contributed by atoms with Gasteiger partial charge in [-0.1, -0.05) is 5.16 Å². The van der Waals surface area contributed by atoms with Gasteiger partial charge < -0.3 is 19.4 Å². The third kappa shape index (κ3) is 3.19. The van der Waals surface area contributed by atoms with Crippen LogP contribution in [0.1, 0.15) is 16.9 Å². The Hall–Kier alpha value is -2.83. The van der Waals surface area contributed by atoms with Crippen molar-refractivity contribution in [3.8, 4) is 11.5 Å². The highest BCUT2D eigenvalue weighted by Crippen LogP contribution is 2.17. The Morgan fingerprint density at radius 1 is 1.48 bits per heavy atom. The van der Waals surface area contributed by atoms with Gasteiger partial charge in [-0.15, -0.1) is 0 Å². The van der Waals surface area contributed by atoms with E-state index < -0.39 is 0 Å².